The van der Waals surface area contributed by atoms with Crippen molar-refractivity contribution in [2.24, 2.45) is 5.92 Å². The lowest BCUT2D eigenvalue weighted by Crippen LogP contribution is -2.44. The molecule has 0 aromatic carbocycles. The SMILES string of the molecule is CCC(CC)C(=O)NCCS(=O)(=O)N1CCOCC1. The van der Waals surface area contributed by atoms with Gasteiger partial charge in [0.25, 0.3) is 0 Å². The van der Waals surface area contributed by atoms with Crippen molar-refractivity contribution in [2.45, 2.75) is 26.7 Å². The Hall–Kier alpha value is -0.660. The Morgan fingerprint density at radius 2 is 1.84 bits per heavy atom. The molecule has 0 aliphatic carbocycles. The van der Waals surface area contributed by atoms with Crippen molar-refractivity contribution in [1.82, 2.24) is 9.62 Å². The van der Waals surface area contributed by atoms with E-state index in [0.29, 0.717) is 26.3 Å². The molecule has 0 bridgehead atoms. The highest BCUT2D eigenvalue weighted by Gasteiger charge is 2.24. The molecule has 0 radical (unpaired) electrons. The third-order valence-corrected chi connectivity index (χ3v) is 5.25. The summed E-state index contributed by atoms with van der Waals surface area (Å²) in [5.74, 6) is -0.118. The van der Waals surface area contributed by atoms with Crippen molar-refractivity contribution >= 4 is 15.9 Å². The molecule has 0 saturated carbocycles. The Morgan fingerprint density at radius 3 is 2.37 bits per heavy atom. The van der Waals surface area contributed by atoms with Gasteiger partial charge in [-0.15, -0.1) is 0 Å². The minimum absolute atomic E-state index is 0.0221. The molecule has 1 amide bonds. The predicted octanol–water partition coefficient (Wildman–Crippen LogP) is 0.201. The molecule has 1 rings (SSSR count). The minimum Gasteiger partial charge on any atom is -0.379 e. The van der Waals surface area contributed by atoms with Gasteiger partial charge < -0.3 is 10.1 Å². The first kappa shape index (κ1) is 16.4. The monoisotopic (exact) mass is 292 g/mol. The highest BCUT2D eigenvalue weighted by atomic mass is 32.2. The van der Waals surface area contributed by atoms with Gasteiger partial charge in [-0.1, -0.05) is 13.8 Å². The molecular weight excluding hydrogens is 268 g/mol. The molecule has 112 valence electrons. The fraction of sp³-hybridized carbons (Fsp3) is 0.917. The van der Waals surface area contributed by atoms with E-state index in [2.05, 4.69) is 5.32 Å². The quantitative estimate of drug-likeness (QED) is 0.727. The normalized spacial score (nSPS) is 17.6. The maximum Gasteiger partial charge on any atom is 0.223 e. The van der Waals surface area contributed by atoms with E-state index in [1.165, 1.54) is 4.31 Å². The number of nitrogens with one attached hydrogen (secondary N) is 1. The molecule has 0 aromatic heterocycles. The standard InChI is InChI=1S/C12H24N2O4S/c1-3-11(4-2)12(15)13-5-10-19(16,17)14-6-8-18-9-7-14/h11H,3-10H2,1-2H3,(H,13,15). The fourth-order valence-corrected chi connectivity index (χ4v) is 3.38. The molecular formula is C12H24N2O4S. The number of ether oxygens (including phenoxy) is 1. The van der Waals surface area contributed by atoms with Crippen LogP contribution in [0.5, 0.6) is 0 Å². The van der Waals surface area contributed by atoms with Crippen molar-refractivity contribution in [2.75, 3.05) is 38.6 Å². The molecule has 1 saturated heterocycles. The number of nitrogens with zero attached hydrogens (tertiary/aromatic N) is 1. The summed E-state index contributed by atoms with van der Waals surface area (Å²) in [7, 11) is -3.28. The fourth-order valence-electron chi connectivity index (χ4n) is 2.06. The molecule has 1 aliphatic rings. The van der Waals surface area contributed by atoms with Crippen LogP contribution in [0.2, 0.25) is 0 Å². The van der Waals surface area contributed by atoms with Gasteiger partial charge in [-0.2, -0.15) is 4.31 Å². The van der Waals surface area contributed by atoms with Gasteiger partial charge in [0.15, 0.2) is 0 Å². The van der Waals surface area contributed by atoms with E-state index in [4.69, 9.17) is 4.74 Å². The van der Waals surface area contributed by atoms with Crippen LogP contribution in [0.3, 0.4) is 0 Å². The largest absolute Gasteiger partial charge is 0.379 e. The Bertz CT molecular complexity index is 373. The number of hydrogen-bond donors (Lipinski definition) is 1. The van der Waals surface area contributed by atoms with Gasteiger partial charge >= 0.3 is 0 Å². The first-order valence-corrected chi connectivity index (χ1v) is 8.45. The van der Waals surface area contributed by atoms with Gasteiger partial charge in [-0.25, -0.2) is 8.42 Å². The van der Waals surface area contributed by atoms with Gasteiger partial charge in [-0.3, -0.25) is 4.79 Å². The topological polar surface area (TPSA) is 75.7 Å². The number of carbonyl (C=O) groups is 1. The Kier molecular flexibility index (Phi) is 6.74. The van der Waals surface area contributed by atoms with Crippen LogP contribution >= 0.6 is 0 Å². The molecule has 6 nitrogen and oxygen atoms in total. The van der Waals surface area contributed by atoms with Crippen molar-refractivity contribution < 1.29 is 17.9 Å². The van der Waals surface area contributed by atoms with Gasteiger partial charge in [-0.05, 0) is 12.8 Å². The molecule has 1 aliphatic heterocycles. The Balaban J connectivity index is 2.37. The smallest absolute Gasteiger partial charge is 0.223 e. The van der Waals surface area contributed by atoms with E-state index >= 15 is 0 Å². The lowest BCUT2D eigenvalue weighted by Gasteiger charge is -2.26. The number of amides is 1. The van der Waals surface area contributed by atoms with Crippen LogP contribution in [-0.4, -0.2) is 57.2 Å². The van der Waals surface area contributed by atoms with E-state index in [9.17, 15) is 13.2 Å². The second-order valence-corrected chi connectivity index (χ2v) is 6.72. The average molecular weight is 292 g/mol. The van der Waals surface area contributed by atoms with Crippen LogP contribution < -0.4 is 5.32 Å². The molecule has 0 spiro atoms. The number of carbonyl (C=O) groups excluding carboxylic acids is 1. The maximum atomic E-state index is 12.0. The van der Waals surface area contributed by atoms with Crippen molar-refractivity contribution in [3.8, 4) is 0 Å². The molecule has 1 N–H and O–H groups in total. The zero-order valence-electron chi connectivity index (χ0n) is 11.7. The lowest BCUT2D eigenvalue weighted by atomic mass is 10.0. The molecule has 19 heavy (non-hydrogen) atoms. The van der Waals surface area contributed by atoms with Crippen LogP contribution in [0, 0.1) is 5.92 Å². The number of hydrogen-bond acceptors (Lipinski definition) is 4. The first-order chi connectivity index (χ1) is 9.01. The molecule has 0 unspecified atom stereocenters. The maximum absolute atomic E-state index is 12.0. The second kappa shape index (κ2) is 7.81. The summed E-state index contributed by atoms with van der Waals surface area (Å²) in [5, 5.41) is 2.70. The van der Waals surface area contributed by atoms with Crippen LogP contribution in [0.4, 0.5) is 0 Å². The molecule has 0 atom stereocenters. The number of morpholine rings is 1. The third-order valence-electron chi connectivity index (χ3n) is 3.38. The van der Waals surface area contributed by atoms with E-state index in [0.717, 1.165) is 12.8 Å². The summed E-state index contributed by atoms with van der Waals surface area (Å²) in [6.07, 6.45) is 1.55. The summed E-state index contributed by atoms with van der Waals surface area (Å²) in [4.78, 5) is 11.7. The molecule has 7 heteroatoms. The summed E-state index contributed by atoms with van der Waals surface area (Å²) < 4.78 is 30.5. The molecule has 0 aromatic rings. The van der Waals surface area contributed by atoms with Crippen LogP contribution in [-0.2, 0) is 19.6 Å². The summed E-state index contributed by atoms with van der Waals surface area (Å²) in [6, 6.07) is 0. The van der Waals surface area contributed by atoms with Crippen LogP contribution in [0.15, 0.2) is 0 Å². The van der Waals surface area contributed by atoms with E-state index in [1.54, 1.807) is 0 Å². The average Bonchev–Trinajstić information content (AvgIpc) is 2.41. The zero-order valence-corrected chi connectivity index (χ0v) is 12.5. The van der Waals surface area contributed by atoms with Gasteiger partial charge in [0.1, 0.15) is 0 Å². The van der Waals surface area contributed by atoms with Crippen molar-refractivity contribution in [3.05, 3.63) is 0 Å². The highest BCUT2D eigenvalue weighted by molar-refractivity contribution is 7.89. The summed E-state index contributed by atoms with van der Waals surface area (Å²) in [6.45, 7) is 5.79. The second-order valence-electron chi connectivity index (χ2n) is 4.63. The van der Waals surface area contributed by atoms with Gasteiger partial charge in [0.2, 0.25) is 15.9 Å². The van der Waals surface area contributed by atoms with Crippen molar-refractivity contribution in [1.29, 1.82) is 0 Å². The van der Waals surface area contributed by atoms with Gasteiger partial charge in [0, 0.05) is 25.6 Å². The van der Waals surface area contributed by atoms with E-state index in [1.807, 2.05) is 13.8 Å². The summed E-state index contributed by atoms with van der Waals surface area (Å²) in [5.41, 5.74) is 0. The Morgan fingerprint density at radius 1 is 1.26 bits per heavy atom. The lowest BCUT2D eigenvalue weighted by molar-refractivity contribution is -0.125. The van der Waals surface area contributed by atoms with Gasteiger partial charge in [0.05, 0.1) is 19.0 Å². The number of rotatable bonds is 7. The minimum atomic E-state index is -3.28. The van der Waals surface area contributed by atoms with Crippen LogP contribution in [0.25, 0.3) is 0 Å². The van der Waals surface area contributed by atoms with Crippen molar-refractivity contribution in [3.63, 3.8) is 0 Å². The highest BCUT2D eigenvalue weighted by Crippen LogP contribution is 2.08. The van der Waals surface area contributed by atoms with Crippen LogP contribution in [0.1, 0.15) is 26.7 Å². The zero-order chi connectivity index (χ0) is 14.3. The Labute approximate surface area is 115 Å². The first-order valence-electron chi connectivity index (χ1n) is 6.84. The molecule has 1 fully saturated rings. The predicted molar refractivity (Wildman–Crippen MR) is 73.3 cm³/mol. The van der Waals surface area contributed by atoms with E-state index < -0.39 is 10.0 Å². The molecule has 1 heterocycles. The van der Waals surface area contributed by atoms with E-state index in [-0.39, 0.29) is 24.1 Å². The number of sulfonamides is 1. The summed E-state index contributed by atoms with van der Waals surface area (Å²) >= 11 is 0. The third kappa shape index (κ3) is 5.08.